The number of thioether (sulfide) groups is 1. The highest BCUT2D eigenvalue weighted by atomic mass is 32.2. The molecule has 0 saturated heterocycles. The predicted octanol–water partition coefficient (Wildman–Crippen LogP) is 2.57. The summed E-state index contributed by atoms with van der Waals surface area (Å²) >= 11 is 1.56. The van der Waals surface area contributed by atoms with Crippen LogP contribution in [0.1, 0.15) is 25.7 Å². The summed E-state index contributed by atoms with van der Waals surface area (Å²) < 4.78 is 26.8. The van der Waals surface area contributed by atoms with E-state index in [-0.39, 0.29) is 11.8 Å². The molecule has 21 heavy (non-hydrogen) atoms. The average Bonchev–Trinajstić information content (AvgIpc) is 3.29. The van der Waals surface area contributed by atoms with Crippen LogP contribution in [0.4, 0.5) is 5.69 Å². The zero-order chi connectivity index (χ0) is 14.9. The monoisotopic (exact) mass is 326 g/mol. The number of hydrogen-bond acceptors (Lipinski definition) is 4. The zero-order valence-corrected chi connectivity index (χ0v) is 13.7. The van der Waals surface area contributed by atoms with E-state index in [0.717, 1.165) is 30.0 Å². The lowest BCUT2D eigenvalue weighted by Crippen LogP contribution is -2.37. The Hall–Kier alpha value is -0.720. The molecule has 1 aromatic rings. The highest BCUT2D eigenvalue weighted by Crippen LogP contribution is 2.36. The number of nitrogens with two attached hydrogens (primary N) is 1. The van der Waals surface area contributed by atoms with Crippen molar-refractivity contribution in [3.05, 3.63) is 24.3 Å². The van der Waals surface area contributed by atoms with Gasteiger partial charge in [-0.3, -0.25) is 0 Å². The molecule has 1 aromatic carbocycles. The van der Waals surface area contributed by atoms with E-state index in [1.54, 1.807) is 16.1 Å². The molecular weight excluding hydrogens is 304 g/mol. The Morgan fingerprint density at radius 2 is 2.00 bits per heavy atom. The second-order valence-corrected chi connectivity index (χ2v) is 9.19. The number of nitrogens with zero attached hydrogens (tertiary/aromatic N) is 1. The molecule has 0 bridgehead atoms. The number of hydrogen-bond donors (Lipinski definition) is 1. The molecule has 0 heterocycles. The number of anilines is 1. The van der Waals surface area contributed by atoms with Crippen LogP contribution in [0.15, 0.2) is 29.2 Å². The molecule has 2 N–H and O–H groups in total. The first-order valence-electron chi connectivity index (χ1n) is 7.52. The van der Waals surface area contributed by atoms with Gasteiger partial charge in [0.1, 0.15) is 0 Å². The van der Waals surface area contributed by atoms with Crippen molar-refractivity contribution >= 4 is 27.5 Å². The number of sulfonamides is 1. The Kier molecular flexibility index (Phi) is 4.47. The summed E-state index contributed by atoms with van der Waals surface area (Å²) in [5, 5.41) is 0. The first kappa shape index (κ1) is 15.2. The highest BCUT2D eigenvalue weighted by Gasteiger charge is 2.39. The SMILES string of the molecule is Nc1cccc(SCCS(=O)(=O)N(CC2CC2)C2CC2)c1. The van der Waals surface area contributed by atoms with Crippen LogP contribution in [0.3, 0.4) is 0 Å². The van der Waals surface area contributed by atoms with Crippen molar-refractivity contribution in [2.75, 3.05) is 23.8 Å². The minimum absolute atomic E-state index is 0.218. The lowest BCUT2D eigenvalue weighted by atomic mass is 10.3. The number of rotatable bonds is 8. The minimum atomic E-state index is -3.11. The van der Waals surface area contributed by atoms with E-state index in [1.165, 1.54) is 12.8 Å². The fraction of sp³-hybridized carbons (Fsp3) is 0.600. The maximum absolute atomic E-state index is 12.5. The molecule has 0 amide bonds. The molecule has 0 atom stereocenters. The van der Waals surface area contributed by atoms with Crippen LogP contribution in [0.5, 0.6) is 0 Å². The summed E-state index contributed by atoms with van der Waals surface area (Å²) in [5.74, 6) is 1.41. The topological polar surface area (TPSA) is 63.4 Å². The smallest absolute Gasteiger partial charge is 0.215 e. The fourth-order valence-electron chi connectivity index (χ4n) is 2.39. The predicted molar refractivity (Wildman–Crippen MR) is 87.8 cm³/mol. The van der Waals surface area contributed by atoms with Gasteiger partial charge in [0.2, 0.25) is 10.0 Å². The van der Waals surface area contributed by atoms with Gasteiger partial charge in [-0.15, -0.1) is 11.8 Å². The van der Waals surface area contributed by atoms with Crippen molar-refractivity contribution in [2.24, 2.45) is 5.92 Å². The number of nitrogen functional groups attached to an aromatic ring is 1. The van der Waals surface area contributed by atoms with Crippen molar-refractivity contribution in [2.45, 2.75) is 36.6 Å². The Morgan fingerprint density at radius 3 is 2.62 bits per heavy atom. The molecule has 0 unspecified atom stereocenters. The van der Waals surface area contributed by atoms with Crippen LogP contribution in [-0.2, 0) is 10.0 Å². The summed E-state index contributed by atoms with van der Waals surface area (Å²) in [6, 6.07) is 7.88. The summed E-state index contributed by atoms with van der Waals surface area (Å²) in [5.41, 5.74) is 6.45. The fourth-order valence-corrected chi connectivity index (χ4v) is 5.54. The molecule has 2 saturated carbocycles. The zero-order valence-electron chi connectivity index (χ0n) is 12.1. The summed E-state index contributed by atoms with van der Waals surface area (Å²) in [7, 11) is -3.11. The van der Waals surface area contributed by atoms with Gasteiger partial charge in [-0.05, 0) is 49.8 Å². The molecule has 2 fully saturated rings. The van der Waals surface area contributed by atoms with Gasteiger partial charge in [-0.25, -0.2) is 8.42 Å². The van der Waals surface area contributed by atoms with Gasteiger partial charge in [0.05, 0.1) is 5.75 Å². The average molecular weight is 326 g/mol. The Morgan fingerprint density at radius 1 is 1.24 bits per heavy atom. The van der Waals surface area contributed by atoms with Crippen LogP contribution in [-0.4, -0.2) is 36.8 Å². The molecule has 2 aliphatic carbocycles. The van der Waals surface area contributed by atoms with E-state index in [4.69, 9.17) is 5.73 Å². The maximum atomic E-state index is 12.5. The lowest BCUT2D eigenvalue weighted by Gasteiger charge is -2.21. The maximum Gasteiger partial charge on any atom is 0.215 e. The summed E-state index contributed by atoms with van der Waals surface area (Å²) in [6.45, 7) is 0.746. The second kappa shape index (κ2) is 6.18. The highest BCUT2D eigenvalue weighted by molar-refractivity contribution is 8.00. The van der Waals surface area contributed by atoms with Crippen LogP contribution >= 0.6 is 11.8 Å². The molecule has 2 aliphatic rings. The van der Waals surface area contributed by atoms with Crippen molar-refractivity contribution in [3.8, 4) is 0 Å². The van der Waals surface area contributed by atoms with Crippen molar-refractivity contribution in [3.63, 3.8) is 0 Å². The van der Waals surface area contributed by atoms with E-state index in [0.29, 0.717) is 11.7 Å². The summed E-state index contributed by atoms with van der Waals surface area (Å²) in [6.07, 6.45) is 4.45. The molecule has 0 aliphatic heterocycles. The van der Waals surface area contributed by atoms with Crippen molar-refractivity contribution in [1.82, 2.24) is 4.31 Å². The van der Waals surface area contributed by atoms with Crippen LogP contribution in [0.25, 0.3) is 0 Å². The third kappa shape index (κ3) is 4.37. The minimum Gasteiger partial charge on any atom is -0.399 e. The molecular formula is C15H22N2O2S2. The van der Waals surface area contributed by atoms with Gasteiger partial charge in [0.25, 0.3) is 0 Å². The quantitative estimate of drug-likeness (QED) is 0.589. The first-order chi connectivity index (χ1) is 10.0. The third-order valence-corrected chi connectivity index (χ3v) is 7.05. The molecule has 4 nitrogen and oxygen atoms in total. The van der Waals surface area contributed by atoms with Crippen molar-refractivity contribution < 1.29 is 8.42 Å². The van der Waals surface area contributed by atoms with Gasteiger partial charge < -0.3 is 5.73 Å². The van der Waals surface area contributed by atoms with E-state index >= 15 is 0 Å². The van der Waals surface area contributed by atoms with Crippen LogP contribution < -0.4 is 5.73 Å². The van der Waals surface area contributed by atoms with Crippen LogP contribution in [0.2, 0.25) is 0 Å². The van der Waals surface area contributed by atoms with E-state index in [1.807, 2.05) is 24.3 Å². The molecule has 6 heteroatoms. The Labute approximate surface area is 131 Å². The van der Waals surface area contributed by atoms with Gasteiger partial charge >= 0.3 is 0 Å². The molecule has 0 radical (unpaired) electrons. The standard InChI is InChI=1S/C15H22N2O2S2/c16-13-2-1-3-15(10-13)20-8-9-21(18,19)17(14-6-7-14)11-12-4-5-12/h1-3,10,12,14H,4-9,11,16H2. The van der Waals surface area contributed by atoms with Crippen molar-refractivity contribution in [1.29, 1.82) is 0 Å². The molecule has 116 valence electrons. The van der Waals surface area contributed by atoms with E-state index in [9.17, 15) is 8.42 Å². The lowest BCUT2D eigenvalue weighted by molar-refractivity contribution is 0.389. The first-order valence-corrected chi connectivity index (χ1v) is 10.1. The second-order valence-electron chi connectivity index (χ2n) is 5.98. The van der Waals surface area contributed by atoms with Gasteiger partial charge in [0, 0.05) is 28.9 Å². The molecule has 0 spiro atoms. The molecule has 0 aromatic heterocycles. The Bertz CT molecular complexity index is 595. The van der Waals surface area contributed by atoms with E-state index < -0.39 is 10.0 Å². The van der Waals surface area contributed by atoms with Gasteiger partial charge in [-0.1, -0.05) is 6.07 Å². The van der Waals surface area contributed by atoms with Gasteiger partial charge in [0.15, 0.2) is 0 Å². The van der Waals surface area contributed by atoms with E-state index in [2.05, 4.69) is 0 Å². The normalized spacial score (nSPS) is 19.1. The van der Waals surface area contributed by atoms with Crippen LogP contribution in [0, 0.1) is 5.92 Å². The third-order valence-electron chi connectivity index (χ3n) is 3.91. The largest absolute Gasteiger partial charge is 0.399 e. The van der Waals surface area contributed by atoms with Gasteiger partial charge in [-0.2, -0.15) is 4.31 Å². The number of benzene rings is 1. The molecule has 3 rings (SSSR count). The summed E-state index contributed by atoms with van der Waals surface area (Å²) in [4.78, 5) is 1.03. The Balaban J connectivity index is 1.54.